The van der Waals surface area contributed by atoms with Crippen molar-refractivity contribution in [3.05, 3.63) is 65.7 Å². The number of sulfone groups is 1. The van der Waals surface area contributed by atoms with Crippen LogP contribution in [0.3, 0.4) is 0 Å². The van der Waals surface area contributed by atoms with E-state index in [0.717, 1.165) is 6.26 Å². The van der Waals surface area contributed by atoms with Gasteiger partial charge in [0.25, 0.3) is 0 Å². The molecule has 0 saturated heterocycles. The van der Waals surface area contributed by atoms with Crippen molar-refractivity contribution in [1.82, 2.24) is 0 Å². The lowest BCUT2D eigenvalue weighted by atomic mass is 10.00. The summed E-state index contributed by atoms with van der Waals surface area (Å²) in [6.45, 7) is 0. The Kier molecular flexibility index (Phi) is 4.01. The molecule has 0 saturated carbocycles. The van der Waals surface area contributed by atoms with Crippen LogP contribution in [0.2, 0.25) is 0 Å². The molecule has 0 aromatic heterocycles. The van der Waals surface area contributed by atoms with Crippen molar-refractivity contribution in [2.45, 2.75) is 11.0 Å². The van der Waals surface area contributed by atoms with Crippen LogP contribution >= 0.6 is 0 Å². The highest BCUT2D eigenvalue weighted by Crippen LogP contribution is 2.23. The third-order valence-corrected chi connectivity index (χ3v) is 4.07. The van der Waals surface area contributed by atoms with Gasteiger partial charge >= 0.3 is 0 Å². The molecular formula is C15H14O4S. The maximum atomic E-state index is 12.3. The summed E-state index contributed by atoms with van der Waals surface area (Å²) in [5.41, 5.74) is 0.437. The highest BCUT2D eigenvalue weighted by molar-refractivity contribution is 7.90. The molecule has 0 bridgehead atoms. The summed E-state index contributed by atoms with van der Waals surface area (Å²) in [4.78, 5) is 12.2. The summed E-state index contributed by atoms with van der Waals surface area (Å²) in [5, 5.41) is 10.1. The largest absolute Gasteiger partial charge is 0.380 e. The topological polar surface area (TPSA) is 71.4 Å². The second-order valence-corrected chi connectivity index (χ2v) is 6.43. The summed E-state index contributed by atoms with van der Waals surface area (Å²) in [7, 11) is -3.53. The number of aliphatic hydroxyl groups is 1. The molecule has 0 aliphatic rings. The number of hydrogen-bond donors (Lipinski definition) is 1. The van der Waals surface area contributed by atoms with E-state index in [1.165, 1.54) is 12.1 Å². The molecule has 20 heavy (non-hydrogen) atoms. The van der Waals surface area contributed by atoms with Crippen LogP contribution in [0.1, 0.15) is 22.0 Å². The summed E-state index contributed by atoms with van der Waals surface area (Å²) < 4.78 is 23.4. The Morgan fingerprint density at radius 3 is 2.15 bits per heavy atom. The first-order valence-electron chi connectivity index (χ1n) is 5.97. The van der Waals surface area contributed by atoms with Crippen LogP contribution in [0, 0.1) is 0 Å². The molecule has 1 atom stereocenters. The van der Waals surface area contributed by atoms with Crippen molar-refractivity contribution in [3.8, 4) is 0 Å². The molecule has 0 spiro atoms. The molecule has 2 aromatic carbocycles. The van der Waals surface area contributed by atoms with Crippen LogP contribution in [-0.4, -0.2) is 25.6 Å². The molecule has 0 aliphatic carbocycles. The van der Waals surface area contributed by atoms with Gasteiger partial charge in [-0.25, -0.2) is 8.42 Å². The standard InChI is InChI=1S/C15H14O4S/c1-20(18,19)13-10-6-5-9-12(13)15(17)14(16)11-7-3-2-4-8-11/h2-10,14,16H,1H3. The van der Waals surface area contributed by atoms with Crippen LogP contribution in [0.25, 0.3) is 0 Å². The number of carbonyl (C=O) groups excluding carboxylic acids is 1. The van der Waals surface area contributed by atoms with Gasteiger partial charge in [0, 0.05) is 11.8 Å². The minimum absolute atomic E-state index is 0.00588. The van der Waals surface area contributed by atoms with Crippen LogP contribution in [0.4, 0.5) is 0 Å². The second kappa shape index (κ2) is 5.56. The fourth-order valence-electron chi connectivity index (χ4n) is 1.93. The Morgan fingerprint density at radius 1 is 1.00 bits per heavy atom. The van der Waals surface area contributed by atoms with E-state index in [-0.39, 0.29) is 10.5 Å². The van der Waals surface area contributed by atoms with Gasteiger partial charge in [0.1, 0.15) is 6.10 Å². The van der Waals surface area contributed by atoms with Gasteiger partial charge in [0.15, 0.2) is 15.6 Å². The lowest BCUT2D eigenvalue weighted by Gasteiger charge is -2.12. The monoisotopic (exact) mass is 290 g/mol. The third-order valence-electron chi connectivity index (χ3n) is 2.92. The normalized spacial score (nSPS) is 12.9. The van der Waals surface area contributed by atoms with Crippen LogP contribution < -0.4 is 0 Å². The number of ketones is 1. The summed E-state index contributed by atoms with van der Waals surface area (Å²) in [6.07, 6.45) is -0.340. The zero-order valence-corrected chi connectivity index (χ0v) is 11.7. The highest BCUT2D eigenvalue weighted by atomic mass is 32.2. The number of Topliss-reactive ketones (excluding diaryl/α,β-unsaturated/α-hetero) is 1. The Balaban J connectivity index is 2.45. The first-order valence-corrected chi connectivity index (χ1v) is 7.86. The van der Waals surface area contributed by atoms with E-state index in [9.17, 15) is 18.3 Å². The van der Waals surface area contributed by atoms with E-state index in [1.54, 1.807) is 42.5 Å². The van der Waals surface area contributed by atoms with Crippen molar-refractivity contribution in [2.24, 2.45) is 0 Å². The van der Waals surface area contributed by atoms with Gasteiger partial charge < -0.3 is 5.11 Å². The van der Waals surface area contributed by atoms with Crippen molar-refractivity contribution < 1.29 is 18.3 Å². The van der Waals surface area contributed by atoms with Crippen LogP contribution in [0.15, 0.2) is 59.5 Å². The number of benzene rings is 2. The van der Waals surface area contributed by atoms with E-state index in [2.05, 4.69) is 0 Å². The molecule has 1 unspecified atom stereocenters. The van der Waals surface area contributed by atoms with E-state index in [4.69, 9.17) is 0 Å². The number of rotatable bonds is 4. The maximum Gasteiger partial charge on any atom is 0.197 e. The maximum absolute atomic E-state index is 12.3. The molecule has 2 aromatic rings. The molecule has 1 N–H and O–H groups in total. The van der Waals surface area contributed by atoms with Gasteiger partial charge in [-0.15, -0.1) is 0 Å². The SMILES string of the molecule is CS(=O)(=O)c1ccccc1C(=O)C(O)c1ccccc1. The van der Waals surface area contributed by atoms with Crippen molar-refractivity contribution in [3.63, 3.8) is 0 Å². The molecular weight excluding hydrogens is 276 g/mol. The van der Waals surface area contributed by atoms with Gasteiger partial charge in [0.2, 0.25) is 0 Å². The lowest BCUT2D eigenvalue weighted by molar-refractivity contribution is 0.0744. The van der Waals surface area contributed by atoms with E-state index < -0.39 is 21.7 Å². The molecule has 0 heterocycles. The van der Waals surface area contributed by atoms with Crippen LogP contribution in [-0.2, 0) is 9.84 Å². The van der Waals surface area contributed by atoms with Crippen molar-refractivity contribution >= 4 is 15.6 Å². The fourth-order valence-corrected chi connectivity index (χ4v) is 2.82. The van der Waals surface area contributed by atoms with Crippen molar-refractivity contribution in [2.75, 3.05) is 6.26 Å². The van der Waals surface area contributed by atoms with Gasteiger partial charge in [-0.3, -0.25) is 4.79 Å². The molecule has 0 radical (unpaired) electrons. The molecule has 0 fully saturated rings. The zero-order valence-electron chi connectivity index (χ0n) is 10.9. The molecule has 5 heteroatoms. The van der Waals surface area contributed by atoms with Gasteiger partial charge in [0.05, 0.1) is 4.90 Å². The van der Waals surface area contributed by atoms with Crippen molar-refractivity contribution in [1.29, 1.82) is 0 Å². The average Bonchev–Trinajstić information content (AvgIpc) is 2.46. The first-order chi connectivity index (χ1) is 9.41. The third kappa shape index (κ3) is 2.95. The number of hydrogen-bond acceptors (Lipinski definition) is 4. The smallest absolute Gasteiger partial charge is 0.197 e. The highest BCUT2D eigenvalue weighted by Gasteiger charge is 2.24. The molecule has 104 valence electrons. The molecule has 2 rings (SSSR count). The molecule has 4 nitrogen and oxygen atoms in total. The minimum atomic E-state index is -3.53. The molecule has 0 aliphatic heterocycles. The van der Waals surface area contributed by atoms with Gasteiger partial charge in [-0.1, -0.05) is 42.5 Å². The Bertz CT molecular complexity index is 721. The Hall–Kier alpha value is -1.98. The quantitative estimate of drug-likeness (QED) is 0.874. The van der Waals surface area contributed by atoms with Crippen LogP contribution in [0.5, 0.6) is 0 Å². The van der Waals surface area contributed by atoms with E-state index >= 15 is 0 Å². The number of aliphatic hydroxyl groups excluding tert-OH is 1. The summed E-state index contributed by atoms with van der Waals surface area (Å²) >= 11 is 0. The average molecular weight is 290 g/mol. The Morgan fingerprint density at radius 2 is 1.55 bits per heavy atom. The second-order valence-electron chi connectivity index (χ2n) is 4.45. The zero-order chi connectivity index (χ0) is 14.8. The predicted octanol–water partition coefficient (Wildman–Crippen LogP) is 2.01. The van der Waals surface area contributed by atoms with E-state index in [0.29, 0.717) is 5.56 Å². The van der Waals surface area contributed by atoms with Gasteiger partial charge in [-0.05, 0) is 17.7 Å². The number of carbonyl (C=O) groups is 1. The summed E-state index contributed by atoms with van der Waals surface area (Å²) in [5.74, 6) is -0.628. The molecule has 0 amide bonds. The Labute approximate surface area is 117 Å². The predicted molar refractivity (Wildman–Crippen MR) is 75.3 cm³/mol. The van der Waals surface area contributed by atoms with Gasteiger partial charge in [-0.2, -0.15) is 0 Å². The first kappa shape index (κ1) is 14.4. The fraction of sp³-hybridized carbons (Fsp3) is 0.133. The van der Waals surface area contributed by atoms with E-state index in [1.807, 2.05) is 0 Å². The minimum Gasteiger partial charge on any atom is -0.380 e. The lowest BCUT2D eigenvalue weighted by Crippen LogP contribution is -2.15. The summed E-state index contributed by atoms with van der Waals surface area (Å²) in [6, 6.07) is 14.3.